The number of carbonyl (C=O) groups excluding carboxylic acids is 1. The van der Waals surface area contributed by atoms with E-state index in [0.29, 0.717) is 11.4 Å². The molecular weight excluding hydrogens is 344 g/mol. The van der Waals surface area contributed by atoms with Crippen molar-refractivity contribution >= 4 is 22.5 Å². The third-order valence-corrected chi connectivity index (χ3v) is 3.93. The average Bonchev–Trinajstić information content (AvgIpc) is 3.22. The van der Waals surface area contributed by atoms with Crippen LogP contribution >= 0.6 is 0 Å². The Morgan fingerprint density at radius 3 is 2.74 bits per heavy atom. The minimum atomic E-state index is -0.237. The van der Waals surface area contributed by atoms with Crippen molar-refractivity contribution in [1.82, 2.24) is 25.2 Å². The second kappa shape index (κ2) is 7.20. The molecule has 4 rings (SSSR count). The standard InChI is InChI=1S/C19H16N6O2/c1-13-2-3-14-10-15(4-9-18(14)21-13)22-19(26)11-27-17-7-5-16(6-8-17)25-12-20-23-24-25/h2-10,12H,11H2,1H3,(H,22,26). The zero-order valence-corrected chi connectivity index (χ0v) is 14.5. The van der Waals surface area contributed by atoms with Gasteiger partial charge < -0.3 is 10.1 Å². The Bertz CT molecular complexity index is 1080. The van der Waals surface area contributed by atoms with Crippen LogP contribution in [0.1, 0.15) is 5.69 Å². The lowest BCUT2D eigenvalue weighted by Gasteiger charge is -2.09. The van der Waals surface area contributed by atoms with Gasteiger partial charge in [-0.05, 0) is 65.9 Å². The van der Waals surface area contributed by atoms with Crippen LogP contribution < -0.4 is 10.1 Å². The minimum absolute atomic E-state index is 0.0889. The van der Waals surface area contributed by atoms with E-state index >= 15 is 0 Å². The van der Waals surface area contributed by atoms with Crippen molar-refractivity contribution in [3.63, 3.8) is 0 Å². The number of tetrazole rings is 1. The Morgan fingerprint density at radius 1 is 1.11 bits per heavy atom. The SMILES string of the molecule is Cc1ccc2cc(NC(=O)COc3ccc(-n4cnnn4)cc3)ccc2n1. The molecule has 2 aromatic heterocycles. The molecule has 2 heterocycles. The van der Waals surface area contributed by atoms with Crippen LogP contribution in [0.3, 0.4) is 0 Å². The minimum Gasteiger partial charge on any atom is -0.484 e. The van der Waals surface area contributed by atoms with Crippen LogP contribution in [0.15, 0.2) is 60.9 Å². The second-order valence-electron chi connectivity index (χ2n) is 5.95. The van der Waals surface area contributed by atoms with E-state index in [9.17, 15) is 4.79 Å². The van der Waals surface area contributed by atoms with Gasteiger partial charge in [0.25, 0.3) is 5.91 Å². The van der Waals surface area contributed by atoms with Gasteiger partial charge in [-0.15, -0.1) is 5.10 Å². The fraction of sp³-hybridized carbons (Fsp3) is 0.105. The molecule has 1 N–H and O–H groups in total. The summed E-state index contributed by atoms with van der Waals surface area (Å²) in [5.74, 6) is 0.346. The molecule has 0 radical (unpaired) electrons. The number of rotatable bonds is 5. The Labute approximate surface area is 154 Å². The molecule has 2 aromatic carbocycles. The van der Waals surface area contributed by atoms with Crippen molar-refractivity contribution in [1.29, 1.82) is 0 Å². The summed E-state index contributed by atoms with van der Waals surface area (Å²) in [6.07, 6.45) is 1.50. The maximum absolute atomic E-state index is 12.1. The normalized spacial score (nSPS) is 10.7. The molecule has 8 heteroatoms. The molecule has 1 amide bonds. The molecule has 0 aliphatic carbocycles. The summed E-state index contributed by atoms with van der Waals surface area (Å²) in [4.78, 5) is 16.6. The molecule has 4 aromatic rings. The lowest BCUT2D eigenvalue weighted by atomic mass is 10.2. The number of hydrogen-bond acceptors (Lipinski definition) is 6. The van der Waals surface area contributed by atoms with Gasteiger partial charge in [0.2, 0.25) is 0 Å². The van der Waals surface area contributed by atoms with E-state index in [1.165, 1.54) is 11.0 Å². The molecule has 27 heavy (non-hydrogen) atoms. The van der Waals surface area contributed by atoms with Crippen molar-refractivity contribution in [3.05, 3.63) is 66.6 Å². The first kappa shape index (κ1) is 16.6. The number of ether oxygens (including phenoxy) is 1. The maximum Gasteiger partial charge on any atom is 0.262 e. The molecule has 134 valence electrons. The van der Waals surface area contributed by atoms with Crippen LogP contribution in [0.2, 0.25) is 0 Å². The molecule has 8 nitrogen and oxygen atoms in total. The first-order valence-electron chi connectivity index (χ1n) is 8.31. The van der Waals surface area contributed by atoms with Crippen molar-refractivity contribution in [2.45, 2.75) is 6.92 Å². The number of amides is 1. The van der Waals surface area contributed by atoms with Crippen molar-refractivity contribution in [3.8, 4) is 11.4 Å². The summed E-state index contributed by atoms with van der Waals surface area (Å²) in [5.41, 5.74) is 3.36. The molecule has 0 aliphatic heterocycles. The number of nitrogens with one attached hydrogen (secondary N) is 1. The molecule has 0 fully saturated rings. The molecular formula is C19H16N6O2. The van der Waals surface area contributed by atoms with Gasteiger partial charge in [0.1, 0.15) is 12.1 Å². The fourth-order valence-electron chi connectivity index (χ4n) is 2.63. The molecule has 0 unspecified atom stereocenters. The zero-order chi connectivity index (χ0) is 18.6. The largest absolute Gasteiger partial charge is 0.484 e. The Balaban J connectivity index is 1.36. The second-order valence-corrected chi connectivity index (χ2v) is 5.95. The van der Waals surface area contributed by atoms with Gasteiger partial charge in [-0.1, -0.05) is 6.07 Å². The summed E-state index contributed by atoms with van der Waals surface area (Å²) in [6, 6.07) is 16.7. The number of anilines is 1. The Morgan fingerprint density at radius 2 is 1.96 bits per heavy atom. The van der Waals surface area contributed by atoms with E-state index in [2.05, 4.69) is 25.8 Å². The Hall–Kier alpha value is -3.81. The van der Waals surface area contributed by atoms with Crippen LogP contribution in [0.4, 0.5) is 5.69 Å². The number of fused-ring (bicyclic) bond motifs is 1. The quantitative estimate of drug-likeness (QED) is 0.588. The van der Waals surface area contributed by atoms with Gasteiger partial charge in [-0.25, -0.2) is 4.68 Å². The third kappa shape index (κ3) is 3.90. The highest BCUT2D eigenvalue weighted by Crippen LogP contribution is 2.18. The van der Waals surface area contributed by atoms with Crippen LogP contribution in [0.5, 0.6) is 5.75 Å². The van der Waals surface area contributed by atoms with E-state index in [4.69, 9.17) is 4.74 Å². The van der Waals surface area contributed by atoms with Crippen LogP contribution in [0.25, 0.3) is 16.6 Å². The summed E-state index contributed by atoms with van der Waals surface area (Å²) in [7, 11) is 0. The number of pyridine rings is 1. The molecule has 0 bridgehead atoms. The number of nitrogens with zero attached hydrogens (tertiary/aromatic N) is 5. The third-order valence-electron chi connectivity index (χ3n) is 3.93. The number of benzene rings is 2. The monoisotopic (exact) mass is 360 g/mol. The predicted molar refractivity (Wildman–Crippen MR) is 99.8 cm³/mol. The van der Waals surface area contributed by atoms with Crippen LogP contribution in [-0.2, 0) is 4.79 Å². The van der Waals surface area contributed by atoms with Gasteiger partial charge in [0.05, 0.1) is 11.2 Å². The topological polar surface area (TPSA) is 94.8 Å². The lowest BCUT2D eigenvalue weighted by Crippen LogP contribution is -2.20. The summed E-state index contributed by atoms with van der Waals surface area (Å²) in [5, 5.41) is 14.8. The lowest BCUT2D eigenvalue weighted by molar-refractivity contribution is -0.118. The van der Waals surface area contributed by atoms with Crippen LogP contribution in [-0.4, -0.2) is 37.7 Å². The van der Waals surface area contributed by atoms with Gasteiger partial charge in [-0.3, -0.25) is 9.78 Å². The number of aryl methyl sites for hydroxylation is 1. The van der Waals surface area contributed by atoms with Crippen molar-refractivity contribution in [2.24, 2.45) is 0 Å². The first-order chi connectivity index (χ1) is 13.2. The van der Waals surface area contributed by atoms with E-state index in [1.807, 2.05) is 49.4 Å². The Kier molecular flexibility index (Phi) is 4.44. The van der Waals surface area contributed by atoms with E-state index in [0.717, 1.165) is 22.3 Å². The van der Waals surface area contributed by atoms with Gasteiger partial charge in [0, 0.05) is 16.8 Å². The zero-order valence-electron chi connectivity index (χ0n) is 14.5. The number of aromatic nitrogens is 5. The smallest absolute Gasteiger partial charge is 0.262 e. The average molecular weight is 360 g/mol. The van der Waals surface area contributed by atoms with Gasteiger partial charge in [0.15, 0.2) is 6.61 Å². The number of hydrogen-bond donors (Lipinski definition) is 1. The van der Waals surface area contributed by atoms with Crippen molar-refractivity contribution < 1.29 is 9.53 Å². The fourth-order valence-corrected chi connectivity index (χ4v) is 2.63. The molecule has 0 spiro atoms. The van der Waals surface area contributed by atoms with Gasteiger partial charge in [-0.2, -0.15) is 0 Å². The predicted octanol–water partition coefficient (Wildman–Crippen LogP) is 2.54. The molecule has 0 atom stereocenters. The highest BCUT2D eigenvalue weighted by atomic mass is 16.5. The molecule has 0 saturated heterocycles. The van der Waals surface area contributed by atoms with Gasteiger partial charge >= 0.3 is 0 Å². The summed E-state index contributed by atoms with van der Waals surface area (Å²) in [6.45, 7) is 1.86. The van der Waals surface area contributed by atoms with E-state index < -0.39 is 0 Å². The highest BCUT2D eigenvalue weighted by molar-refractivity contribution is 5.94. The summed E-state index contributed by atoms with van der Waals surface area (Å²) >= 11 is 0. The summed E-state index contributed by atoms with van der Waals surface area (Å²) < 4.78 is 7.06. The first-order valence-corrected chi connectivity index (χ1v) is 8.31. The highest BCUT2D eigenvalue weighted by Gasteiger charge is 2.06. The number of carbonyl (C=O) groups is 1. The molecule has 0 saturated carbocycles. The van der Waals surface area contributed by atoms with Crippen molar-refractivity contribution in [2.75, 3.05) is 11.9 Å². The van der Waals surface area contributed by atoms with E-state index in [1.54, 1.807) is 12.1 Å². The van der Waals surface area contributed by atoms with Crippen LogP contribution in [0, 0.1) is 6.92 Å². The molecule has 0 aliphatic rings. The van der Waals surface area contributed by atoms with E-state index in [-0.39, 0.29) is 12.5 Å². The maximum atomic E-state index is 12.1.